The number of rotatable bonds is 4. The standard InChI is InChI=1S/C21H16N2OS2/c22-17-9-19(25-11-17)13-1-5-15(6-2-13)21(24)16-7-3-14(4-8-16)20-10-18(23)12-26-20/h1-12H,22-23H2. The average Bonchev–Trinajstić information content (AvgIpc) is 3.30. The summed E-state index contributed by atoms with van der Waals surface area (Å²) in [7, 11) is 0. The van der Waals surface area contributed by atoms with E-state index in [2.05, 4.69) is 0 Å². The largest absolute Gasteiger partial charge is 0.398 e. The Morgan fingerprint density at radius 1 is 0.654 bits per heavy atom. The molecule has 0 saturated heterocycles. The van der Waals surface area contributed by atoms with Crippen LogP contribution in [-0.2, 0) is 0 Å². The van der Waals surface area contributed by atoms with Gasteiger partial charge in [0.2, 0.25) is 0 Å². The van der Waals surface area contributed by atoms with Gasteiger partial charge in [0.05, 0.1) is 0 Å². The molecule has 0 unspecified atom stereocenters. The van der Waals surface area contributed by atoms with Crippen molar-refractivity contribution in [2.24, 2.45) is 0 Å². The van der Waals surface area contributed by atoms with Gasteiger partial charge in [0.1, 0.15) is 0 Å². The van der Waals surface area contributed by atoms with Crippen LogP contribution in [0.3, 0.4) is 0 Å². The predicted octanol–water partition coefficient (Wildman–Crippen LogP) is 5.54. The van der Waals surface area contributed by atoms with Crippen LogP contribution in [0.1, 0.15) is 15.9 Å². The number of nitrogen functional groups attached to an aromatic ring is 2. The molecular weight excluding hydrogens is 360 g/mol. The number of thiophene rings is 2. The van der Waals surface area contributed by atoms with E-state index < -0.39 is 0 Å². The summed E-state index contributed by atoms with van der Waals surface area (Å²) >= 11 is 3.19. The molecule has 0 aliphatic heterocycles. The third kappa shape index (κ3) is 3.27. The van der Waals surface area contributed by atoms with Crippen molar-refractivity contribution < 1.29 is 4.79 Å². The number of ketones is 1. The fourth-order valence-electron chi connectivity index (χ4n) is 2.74. The Bertz CT molecular complexity index is 974. The van der Waals surface area contributed by atoms with Crippen molar-refractivity contribution in [3.8, 4) is 20.9 Å². The van der Waals surface area contributed by atoms with E-state index >= 15 is 0 Å². The molecule has 2 heterocycles. The van der Waals surface area contributed by atoms with Crippen LogP contribution in [0.4, 0.5) is 11.4 Å². The van der Waals surface area contributed by atoms with Gasteiger partial charge in [-0.1, -0.05) is 48.5 Å². The summed E-state index contributed by atoms with van der Waals surface area (Å²) in [5, 5.41) is 3.83. The lowest BCUT2D eigenvalue weighted by Crippen LogP contribution is -2.00. The fourth-order valence-corrected chi connectivity index (χ4v) is 4.36. The topological polar surface area (TPSA) is 69.1 Å². The molecule has 0 spiro atoms. The zero-order valence-electron chi connectivity index (χ0n) is 13.8. The first-order valence-electron chi connectivity index (χ1n) is 8.04. The van der Waals surface area contributed by atoms with E-state index in [9.17, 15) is 4.79 Å². The second-order valence-electron chi connectivity index (χ2n) is 5.97. The third-order valence-electron chi connectivity index (χ3n) is 4.10. The first-order chi connectivity index (χ1) is 12.6. The van der Waals surface area contributed by atoms with Gasteiger partial charge in [-0.3, -0.25) is 4.79 Å². The highest BCUT2D eigenvalue weighted by Gasteiger charge is 2.10. The lowest BCUT2D eigenvalue weighted by Gasteiger charge is -2.04. The molecule has 3 nitrogen and oxygen atoms in total. The quantitative estimate of drug-likeness (QED) is 0.460. The molecule has 0 radical (unpaired) electrons. The lowest BCUT2D eigenvalue weighted by molar-refractivity contribution is 0.103. The molecule has 0 saturated carbocycles. The van der Waals surface area contributed by atoms with Crippen molar-refractivity contribution in [1.29, 1.82) is 0 Å². The predicted molar refractivity (Wildman–Crippen MR) is 112 cm³/mol. The highest BCUT2D eigenvalue weighted by atomic mass is 32.1. The summed E-state index contributed by atoms with van der Waals surface area (Å²) in [4.78, 5) is 14.9. The molecule has 4 aromatic rings. The van der Waals surface area contributed by atoms with E-state index in [0.29, 0.717) is 11.1 Å². The smallest absolute Gasteiger partial charge is 0.193 e. The highest BCUT2D eigenvalue weighted by Crippen LogP contribution is 2.30. The van der Waals surface area contributed by atoms with Crippen LogP contribution >= 0.6 is 22.7 Å². The van der Waals surface area contributed by atoms with Crippen LogP contribution in [-0.4, -0.2) is 5.78 Å². The minimum absolute atomic E-state index is 0.0134. The second-order valence-corrected chi connectivity index (χ2v) is 7.79. The van der Waals surface area contributed by atoms with E-state index in [4.69, 9.17) is 11.5 Å². The number of anilines is 2. The van der Waals surface area contributed by atoms with Crippen molar-refractivity contribution in [1.82, 2.24) is 0 Å². The summed E-state index contributed by atoms with van der Waals surface area (Å²) in [6.07, 6.45) is 0. The van der Waals surface area contributed by atoms with Crippen LogP contribution < -0.4 is 11.5 Å². The molecule has 0 aliphatic rings. The summed E-state index contributed by atoms with van der Waals surface area (Å²) in [6, 6.07) is 19.2. The Labute approximate surface area is 159 Å². The van der Waals surface area contributed by atoms with Crippen LogP contribution in [0.25, 0.3) is 20.9 Å². The van der Waals surface area contributed by atoms with Crippen molar-refractivity contribution in [2.75, 3.05) is 11.5 Å². The monoisotopic (exact) mass is 376 g/mol. The molecule has 128 valence electrons. The normalized spacial score (nSPS) is 10.8. The third-order valence-corrected chi connectivity index (χ3v) is 6.10. The van der Waals surface area contributed by atoms with Crippen molar-refractivity contribution in [3.63, 3.8) is 0 Å². The Balaban J connectivity index is 1.55. The number of benzene rings is 2. The Kier molecular flexibility index (Phi) is 4.32. The fraction of sp³-hybridized carbons (Fsp3) is 0. The maximum atomic E-state index is 12.7. The SMILES string of the molecule is Nc1csc(-c2ccc(C(=O)c3ccc(-c4cc(N)cs4)cc3)cc2)c1. The molecule has 4 rings (SSSR count). The van der Waals surface area contributed by atoms with Gasteiger partial charge in [0, 0.05) is 43.0 Å². The zero-order valence-corrected chi connectivity index (χ0v) is 15.4. The summed E-state index contributed by atoms with van der Waals surface area (Å²) < 4.78 is 0. The van der Waals surface area contributed by atoms with Gasteiger partial charge < -0.3 is 11.5 Å². The van der Waals surface area contributed by atoms with Crippen LogP contribution in [0.2, 0.25) is 0 Å². The summed E-state index contributed by atoms with van der Waals surface area (Å²) in [5.74, 6) is 0.0134. The Hall–Kier alpha value is -2.89. The molecule has 2 aromatic heterocycles. The van der Waals surface area contributed by atoms with Crippen LogP contribution in [0.15, 0.2) is 71.4 Å². The number of hydrogen-bond acceptors (Lipinski definition) is 5. The molecule has 0 atom stereocenters. The lowest BCUT2D eigenvalue weighted by atomic mass is 10.0. The molecule has 0 bridgehead atoms. The second kappa shape index (κ2) is 6.78. The molecule has 0 amide bonds. The minimum Gasteiger partial charge on any atom is -0.398 e. The minimum atomic E-state index is 0.0134. The van der Waals surface area contributed by atoms with Gasteiger partial charge >= 0.3 is 0 Å². The van der Waals surface area contributed by atoms with E-state index in [1.165, 1.54) is 0 Å². The molecule has 0 aliphatic carbocycles. The Morgan fingerprint density at radius 2 is 1.04 bits per heavy atom. The maximum Gasteiger partial charge on any atom is 0.193 e. The highest BCUT2D eigenvalue weighted by molar-refractivity contribution is 7.14. The van der Waals surface area contributed by atoms with E-state index in [1.807, 2.05) is 71.4 Å². The number of carbonyl (C=O) groups excluding carboxylic acids is 1. The number of nitrogens with two attached hydrogens (primary N) is 2. The maximum absolute atomic E-state index is 12.7. The molecule has 0 fully saturated rings. The molecule has 26 heavy (non-hydrogen) atoms. The summed E-state index contributed by atoms with van der Waals surface area (Å²) in [6.45, 7) is 0. The molecule has 4 N–H and O–H groups in total. The van der Waals surface area contributed by atoms with Gasteiger partial charge in [-0.25, -0.2) is 0 Å². The van der Waals surface area contributed by atoms with Gasteiger partial charge in [0.15, 0.2) is 5.78 Å². The van der Waals surface area contributed by atoms with E-state index in [0.717, 1.165) is 32.3 Å². The molecule has 5 heteroatoms. The van der Waals surface area contributed by atoms with Crippen molar-refractivity contribution >= 4 is 39.8 Å². The first-order valence-corrected chi connectivity index (χ1v) is 9.80. The zero-order chi connectivity index (χ0) is 18.1. The van der Waals surface area contributed by atoms with E-state index in [-0.39, 0.29) is 5.78 Å². The number of hydrogen-bond donors (Lipinski definition) is 2. The van der Waals surface area contributed by atoms with Crippen molar-refractivity contribution in [2.45, 2.75) is 0 Å². The van der Waals surface area contributed by atoms with Gasteiger partial charge in [-0.05, 0) is 23.3 Å². The van der Waals surface area contributed by atoms with Crippen LogP contribution in [0, 0.1) is 0 Å². The summed E-state index contributed by atoms with van der Waals surface area (Å²) in [5.41, 5.74) is 16.5. The Morgan fingerprint density at radius 3 is 1.35 bits per heavy atom. The average molecular weight is 377 g/mol. The molecule has 2 aromatic carbocycles. The molecular formula is C21H16N2OS2. The van der Waals surface area contributed by atoms with Gasteiger partial charge in [-0.2, -0.15) is 0 Å². The van der Waals surface area contributed by atoms with E-state index in [1.54, 1.807) is 22.7 Å². The van der Waals surface area contributed by atoms with Gasteiger partial charge in [0.25, 0.3) is 0 Å². The van der Waals surface area contributed by atoms with Crippen LogP contribution in [0.5, 0.6) is 0 Å². The van der Waals surface area contributed by atoms with Crippen molar-refractivity contribution in [3.05, 3.63) is 82.6 Å². The van der Waals surface area contributed by atoms with Gasteiger partial charge in [-0.15, -0.1) is 22.7 Å². The first kappa shape index (κ1) is 16.6. The number of carbonyl (C=O) groups is 1.